The molecule has 1 aromatic carbocycles. The minimum Gasteiger partial charge on any atom is -0.476 e. The predicted molar refractivity (Wildman–Crippen MR) is 66.3 cm³/mol. The first-order valence-electron chi connectivity index (χ1n) is 6.00. The SMILES string of the molecule is Cc1ccc([C@@H]2O[C@H]2C2=NC(C)(C)CO2)cc1. The van der Waals surface area contributed by atoms with Crippen LogP contribution in [0, 0.1) is 6.92 Å². The Kier molecular flexibility index (Phi) is 2.26. The van der Waals surface area contributed by atoms with Gasteiger partial charge in [-0.3, -0.25) is 0 Å². The van der Waals surface area contributed by atoms with Gasteiger partial charge in [0.15, 0.2) is 6.10 Å². The molecule has 3 nitrogen and oxygen atoms in total. The summed E-state index contributed by atoms with van der Waals surface area (Å²) >= 11 is 0. The fourth-order valence-corrected chi connectivity index (χ4v) is 2.07. The van der Waals surface area contributed by atoms with Crippen LogP contribution in [-0.2, 0) is 9.47 Å². The number of rotatable bonds is 2. The molecule has 0 aliphatic carbocycles. The molecule has 2 aliphatic heterocycles. The van der Waals surface area contributed by atoms with Gasteiger partial charge in [0.05, 0.1) is 5.54 Å². The molecule has 90 valence electrons. The summed E-state index contributed by atoms with van der Waals surface area (Å²) < 4.78 is 11.3. The highest BCUT2D eigenvalue weighted by Crippen LogP contribution is 2.41. The van der Waals surface area contributed by atoms with Crippen molar-refractivity contribution in [3.05, 3.63) is 35.4 Å². The Labute approximate surface area is 101 Å². The van der Waals surface area contributed by atoms with E-state index in [0.29, 0.717) is 6.61 Å². The second-order valence-electron chi connectivity index (χ2n) is 5.44. The number of aryl methyl sites for hydroxylation is 1. The molecular formula is C14H17NO2. The largest absolute Gasteiger partial charge is 0.476 e. The van der Waals surface area contributed by atoms with Gasteiger partial charge < -0.3 is 9.47 Å². The van der Waals surface area contributed by atoms with Crippen molar-refractivity contribution in [2.24, 2.45) is 4.99 Å². The first-order chi connectivity index (χ1) is 8.05. The van der Waals surface area contributed by atoms with Crippen molar-refractivity contribution in [2.75, 3.05) is 6.61 Å². The molecule has 2 atom stereocenters. The standard InChI is InChI=1S/C14H17NO2/c1-9-4-6-10(7-5-9)11-12(17-11)13-15-14(2,3)8-16-13/h4-7,11-12H,8H2,1-3H3/t11-,12+/m0/s1. The van der Waals surface area contributed by atoms with E-state index >= 15 is 0 Å². The van der Waals surface area contributed by atoms with E-state index in [9.17, 15) is 0 Å². The van der Waals surface area contributed by atoms with Gasteiger partial charge in [-0.25, -0.2) is 4.99 Å². The number of nitrogens with zero attached hydrogens (tertiary/aromatic N) is 1. The van der Waals surface area contributed by atoms with Crippen molar-refractivity contribution in [2.45, 2.75) is 38.5 Å². The number of benzene rings is 1. The van der Waals surface area contributed by atoms with Gasteiger partial charge in [0, 0.05) is 0 Å². The average molecular weight is 231 g/mol. The first kappa shape index (κ1) is 10.8. The molecule has 1 fully saturated rings. The molecule has 0 spiro atoms. The molecule has 17 heavy (non-hydrogen) atoms. The van der Waals surface area contributed by atoms with Crippen LogP contribution in [0.3, 0.4) is 0 Å². The Hall–Kier alpha value is -1.35. The van der Waals surface area contributed by atoms with Crippen LogP contribution >= 0.6 is 0 Å². The van der Waals surface area contributed by atoms with Crippen LogP contribution in [0.4, 0.5) is 0 Å². The van der Waals surface area contributed by atoms with Crippen molar-refractivity contribution < 1.29 is 9.47 Å². The van der Waals surface area contributed by atoms with Gasteiger partial charge in [-0.15, -0.1) is 0 Å². The van der Waals surface area contributed by atoms with E-state index in [1.165, 1.54) is 11.1 Å². The summed E-state index contributed by atoms with van der Waals surface area (Å²) in [5.41, 5.74) is 2.37. The van der Waals surface area contributed by atoms with Crippen molar-refractivity contribution in [1.82, 2.24) is 0 Å². The number of hydrogen-bond acceptors (Lipinski definition) is 3. The molecule has 3 heteroatoms. The van der Waals surface area contributed by atoms with Crippen molar-refractivity contribution in [3.63, 3.8) is 0 Å². The lowest BCUT2D eigenvalue weighted by atomic mass is 10.1. The lowest BCUT2D eigenvalue weighted by Gasteiger charge is -2.07. The molecule has 0 unspecified atom stereocenters. The van der Waals surface area contributed by atoms with E-state index in [4.69, 9.17) is 9.47 Å². The zero-order valence-corrected chi connectivity index (χ0v) is 10.4. The Morgan fingerprint density at radius 1 is 1.18 bits per heavy atom. The minimum absolute atomic E-state index is 0.0273. The van der Waals surface area contributed by atoms with Crippen molar-refractivity contribution in [3.8, 4) is 0 Å². The molecule has 1 saturated heterocycles. The molecule has 2 aliphatic rings. The van der Waals surface area contributed by atoms with Gasteiger partial charge in [0.25, 0.3) is 0 Å². The number of hydrogen-bond donors (Lipinski definition) is 0. The van der Waals surface area contributed by atoms with Crippen LogP contribution in [0.1, 0.15) is 31.1 Å². The van der Waals surface area contributed by atoms with E-state index in [1.807, 2.05) is 0 Å². The maximum atomic E-state index is 5.66. The lowest BCUT2D eigenvalue weighted by molar-refractivity contribution is 0.266. The highest BCUT2D eigenvalue weighted by molar-refractivity contribution is 5.85. The average Bonchev–Trinajstić information content (AvgIpc) is 2.98. The second-order valence-corrected chi connectivity index (χ2v) is 5.44. The third kappa shape index (κ3) is 2.07. The van der Waals surface area contributed by atoms with Gasteiger partial charge >= 0.3 is 0 Å². The molecule has 1 aromatic rings. The lowest BCUT2D eigenvalue weighted by Crippen LogP contribution is -2.17. The van der Waals surface area contributed by atoms with Crippen LogP contribution in [0.25, 0.3) is 0 Å². The van der Waals surface area contributed by atoms with E-state index < -0.39 is 0 Å². The summed E-state index contributed by atoms with van der Waals surface area (Å²) in [6.45, 7) is 6.89. The zero-order chi connectivity index (χ0) is 12.0. The van der Waals surface area contributed by atoms with Gasteiger partial charge in [0.1, 0.15) is 12.7 Å². The Balaban J connectivity index is 1.73. The summed E-state index contributed by atoms with van der Waals surface area (Å²) in [6.07, 6.45) is 0.155. The monoisotopic (exact) mass is 231 g/mol. The van der Waals surface area contributed by atoms with E-state index in [2.05, 4.69) is 50.0 Å². The van der Waals surface area contributed by atoms with Gasteiger partial charge in [-0.2, -0.15) is 0 Å². The topological polar surface area (TPSA) is 34.1 Å². The molecule has 0 saturated carbocycles. The smallest absolute Gasteiger partial charge is 0.217 e. The van der Waals surface area contributed by atoms with Crippen LogP contribution < -0.4 is 0 Å². The quantitative estimate of drug-likeness (QED) is 0.733. The molecule has 0 bridgehead atoms. The van der Waals surface area contributed by atoms with Crippen molar-refractivity contribution in [1.29, 1.82) is 0 Å². The predicted octanol–water partition coefficient (Wildman–Crippen LogP) is 2.64. The molecule has 0 N–H and O–H groups in total. The zero-order valence-electron chi connectivity index (χ0n) is 10.4. The molecule has 0 aromatic heterocycles. The number of ether oxygens (including phenoxy) is 2. The summed E-state index contributed by atoms with van der Waals surface area (Å²) in [7, 11) is 0. The third-order valence-electron chi connectivity index (χ3n) is 3.13. The summed E-state index contributed by atoms with van der Waals surface area (Å²) in [6, 6.07) is 8.44. The van der Waals surface area contributed by atoms with E-state index in [1.54, 1.807) is 0 Å². The highest BCUT2D eigenvalue weighted by atomic mass is 16.6. The normalized spacial score (nSPS) is 29.7. The Morgan fingerprint density at radius 2 is 1.88 bits per heavy atom. The molecule has 0 radical (unpaired) electrons. The minimum atomic E-state index is -0.0981. The second kappa shape index (κ2) is 3.57. The van der Waals surface area contributed by atoms with Gasteiger partial charge in [-0.05, 0) is 26.3 Å². The summed E-state index contributed by atoms with van der Waals surface area (Å²) in [5, 5.41) is 0. The fraction of sp³-hybridized carbons (Fsp3) is 0.500. The maximum absolute atomic E-state index is 5.66. The van der Waals surface area contributed by atoms with Crippen LogP contribution in [0.5, 0.6) is 0 Å². The first-order valence-corrected chi connectivity index (χ1v) is 6.00. The molecule has 2 heterocycles. The van der Waals surface area contributed by atoms with Gasteiger partial charge in [0.2, 0.25) is 5.90 Å². The van der Waals surface area contributed by atoms with Crippen LogP contribution in [0.15, 0.2) is 29.3 Å². The number of aliphatic imine (C=N–C) groups is 1. The summed E-state index contributed by atoms with van der Waals surface area (Å²) in [4.78, 5) is 4.55. The Bertz CT molecular complexity index is 462. The molecular weight excluding hydrogens is 214 g/mol. The highest BCUT2D eigenvalue weighted by Gasteiger charge is 2.48. The van der Waals surface area contributed by atoms with Gasteiger partial charge in [-0.1, -0.05) is 29.8 Å². The number of epoxide rings is 1. The van der Waals surface area contributed by atoms with Crippen molar-refractivity contribution >= 4 is 5.90 Å². The summed E-state index contributed by atoms with van der Waals surface area (Å²) in [5.74, 6) is 0.764. The molecule has 0 amide bonds. The Morgan fingerprint density at radius 3 is 2.47 bits per heavy atom. The molecule has 3 rings (SSSR count). The fourth-order valence-electron chi connectivity index (χ4n) is 2.07. The van der Waals surface area contributed by atoms with Crippen LogP contribution in [-0.4, -0.2) is 24.1 Å². The van der Waals surface area contributed by atoms with E-state index in [0.717, 1.165) is 5.90 Å². The maximum Gasteiger partial charge on any atom is 0.217 e. The van der Waals surface area contributed by atoms with Crippen LogP contribution in [0.2, 0.25) is 0 Å². The van der Waals surface area contributed by atoms with E-state index in [-0.39, 0.29) is 17.7 Å². The third-order valence-corrected chi connectivity index (χ3v) is 3.13.